The average Bonchev–Trinajstić information content (AvgIpc) is 2.73. The Labute approximate surface area is 191 Å². The van der Waals surface area contributed by atoms with E-state index in [9.17, 15) is 19.2 Å². The Balaban J connectivity index is 2.68. The number of carboxylic acid groups (broad SMARTS) is 1. The van der Waals surface area contributed by atoms with E-state index in [2.05, 4.69) is 53.8 Å². The fraction of sp³-hybridized carbons (Fsp3) is 0.444. The number of thiol groups is 3. The van der Waals surface area contributed by atoms with E-state index in [-0.39, 0.29) is 23.7 Å². The van der Waals surface area contributed by atoms with Crippen molar-refractivity contribution in [1.82, 2.24) is 16.0 Å². The van der Waals surface area contributed by atoms with Crippen molar-refractivity contribution in [1.29, 1.82) is 0 Å². The Hall–Kier alpha value is -1.89. The molecule has 6 N–H and O–H groups in total. The van der Waals surface area contributed by atoms with Gasteiger partial charge in [-0.15, -0.1) is 0 Å². The van der Waals surface area contributed by atoms with Gasteiger partial charge >= 0.3 is 5.97 Å². The van der Waals surface area contributed by atoms with Crippen LogP contribution < -0.4 is 21.7 Å². The number of carbonyl (C=O) groups excluding carboxylic acids is 3. The summed E-state index contributed by atoms with van der Waals surface area (Å²) in [6.07, 6.45) is 0.287. The summed E-state index contributed by atoms with van der Waals surface area (Å²) in [6, 6.07) is 4.93. The van der Waals surface area contributed by atoms with Gasteiger partial charge in [0.2, 0.25) is 17.7 Å². The lowest BCUT2D eigenvalue weighted by Gasteiger charge is -2.23. The summed E-state index contributed by atoms with van der Waals surface area (Å²) in [6.45, 7) is 0. The van der Waals surface area contributed by atoms with Crippen molar-refractivity contribution in [3.8, 4) is 0 Å². The van der Waals surface area contributed by atoms with Crippen LogP contribution in [-0.4, -0.2) is 70.2 Å². The zero-order chi connectivity index (χ0) is 22.7. The molecule has 3 amide bonds. The second-order valence-corrected chi connectivity index (χ2v) is 7.46. The Morgan fingerprint density at radius 1 is 0.800 bits per heavy atom. The van der Waals surface area contributed by atoms with E-state index in [0.717, 1.165) is 5.56 Å². The first kappa shape index (κ1) is 26.1. The van der Waals surface area contributed by atoms with Crippen LogP contribution in [-0.2, 0) is 25.6 Å². The largest absolute Gasteiger partial charge is 0.480 e. The lowest BCUT2D eigenvalue weighted by molar-refractivity contribution is -0.141. The number of carboxylic acids is 1. The number of hydrogen-bond acceptors (Lipinski definition) is 8. The molecule has 166 valence electrons. The molecule has 0 spiro atoms. The zero-order valence-electron chi connectivity index (χ0n) is 16.0. The number of amides is 3. The highest BCUT2D eigenvalue weighted by atomic mass is 32.1. The van der Waals surface area contributed by atoms with E-state index >= 15 is 0 Å². The number of nitrogens with one attached hydrogen (secondary N) is 3. The van der Waals surface area contributed by atoms with Crippen molar-refractivity contribution in [3.63, 3.8) is 0 Å². The zero-order valence-corrected chi connectivity index (χ0v) is 18.7. The van der Waals surface area contributed by atoms with Crippen molar-refractivity contribution in [2.75, 3.05) is 17.3 Å². The molecule has 30 heavy (non-hydrogen) atoms. The second-order valence-electron chi connectivity index (χ2n) is 6.37. The van der Waals surface area contributed by atoms with Crippen LogP contribution >= 0.6 is 37.9 Å². The molecule has 0 fully saturated rings. The number of hydrogen-bond donors (Lipinski definition) is 8. The van der Waals surface area contributed by atoms with Gasteiger partial charge in [0.15, 0.2) is 0 Å². The van der Waals surface area contributed by atoms with Gasteiger partial charge in [-0.25, -0.2) is 4.79 Å². The molecule has 4 atom stereocenters. The first-order valence-electron chi connectivity index (χ1n) is 8.99. The first-order valence-corrected chi connectivity index (χ1v) is 10.9. The maximum Gasteiger partial charge on any atom is 0.327 e. The van der Waals surface area contributed by atoms with Crippen molar-refractivity contribution in [2.45, 2.75) is 30.6 Å². The molecule has 0 radical (unpaired) electrons. The van der Waals surface area contributed by atoms with Crippen molar-refractivity contribution < 1.29 is 24.3 Å². The predicted molar refractivity (Wildman–Crippen MR) is 123 cm³/mol. The molecule has 0 aliphatic heterocycles. The average molecular weight is 475 g/mol. The van der Waals surface area contributed by atoms with Crippen molar-refractivity contribution in [2.24, 2.45) is 5.73 Å². The molecule has 0 heterocycles. The number of rotatable bonds is 12. The van der Waals surface area contributed by atoms with Crippen LogP contribution in [0.3, 0.4) is 0 Å². The van der Waals surface area contributed by atoms with E-state index in [1.54, 1.807) is 0 Å². The summed E-state index contributed by atoms with van der Waals surface area (Å²) in [5, 5.41) is 16.2. The van der Waals surface area contributed by atoms with Crippen LogP contribution in [0.5, 0.6) is 0 Å². The van der Waals surface area contributed by atoms with Gasteiger partial charge in [-0.05, 0) is 12.0 Å². The molecule has 1 aromatic rings. The molecule has 0 aromatic heterocycles. The summed E-state index contributed by atoms with van der Waals surface area (Å²) in [5.41, 5.74) is 6.79. The van der Waals surface area contributed by atoms with E-state index in [0.29, 0.717) is 0 Å². The molecule has 0 aliphatic carbocycles. The van der Waals surface area contributed by atoms with Gasteiger partial charge in [-0.1, -0.05) is 30.3 Å². The minimum atomic E-state index is -1.25. The standard InChI is InChI=1S/C18H26N4O5S3/c19-11(6-10-4-2-1-3-5-10)15(23)20-12(7-28)16(24)21-13(8-29)17(25)22-14(9-30)18(26)27/h1-5,11-14,28-30H,6-9,19H2,(H,20,23)(H,21,24)(H,22,25)(H,26,27). The van der Waals surface area contributed by atoms with E-state index in [1.165, 1.54) is 0 Å². The van der Waals surface area contributed by atoms with Gasteiger partial charge in [0.25, 0.3) is 0 Å². The van der Waals surface area contributed by atoms with Crippen LogP contribution in [0, 0.1) is 0 Å². The minimum absolute atomic E-state index is 0.0368. The number of aliphatic carboxylic acids is 1. The molecule has 1 aromatic carbocycles. The lowest BCUT2D eigenvalue weighted by Crippen LogP contribution is -2.58. The molecule has 0 bridgehead atoms. The summed E-state index contributed by atoms with van der Waals surface area (Å²) < 4.78 is 0. The highest BCUT2D eigenvalue weighted by Crippen LogP contribution is 2.03. The molecule has 9 nitrogen and oxygen atoms in total. The van der Waals surface area contributed by atoms with E-state index < -0.39 is 47.9 Å². The number of nitrogens with two attached hydrogens (primary N) is 1. The molecule has 0 saturated heterocycles. The van der Waals surface area contributed by atoms with Gasteiger partial charge in [0.05, 0.1) is 6.04 Å². The molecule has 0 aliphatic rings. The normalized spacial score (nSPS) is 14.7. The highest BCUT2D eigenvalue weighted by molar-refractivity contribution is 7.80. The minimum Gasteiger partial charge on any atom is -0.480 e. The Morgan fingerprint density at radius 2 is 1.23 bits per heavy atom. The Morgan fingerprint density at radius 3 is 1.67 bits per heavy atom. The molecular formula is C18H26N4O5S3. The van der Waals surface area contributed by atoms with Crippen molar-refractivity contribution in [3.05, 3.63) is 35.9 Å². The fourth-order valence-electron chi connectivity index (χ4n) is 2.36. The van der Waals surface area contributed by atoms with Crippen LogP contribution in [0.25, 0.3) is 0 Å². The fourth-order valence-corrected chi connectivity index (χ4v) is 3.12. The summed E-state index contributed by atoms with van der Waals surface area (Å²) >= 11 is 12.0. The smallest absolute Gasteiger partial charge is 0.327 e. The Bertz CT molecular complexity index is 738. The third-order valence-electron chi connectivity index (χ3n) is 4.06. The van der Waals surface area contributed by atoms with Crippen LogP contribution in [0.1, 0.15) is 5.56 Å². The van der Waals surface area contributed by atoms with E-state index in [4.69, 9.17) is 10.8 Å². The number of carbonyl (C=O) groups is 4. The maximum atomic E-state index is 12.5. The maximum absolute atomic E-state index is 12.5. The third-order valence-corrected chi connectivity index (χ3v) is 5.16. The van der Waals surface area contributed by atoms with Crippen LogP contribution in [0.2, 0.25) is 0 Å². The second kappa shape index (κ2) is 13.4. The van der Waals surface area contributed by atoms with Crippen LogP contribution in [0.15, 0.2) is 30.3 Å². The predicted octanol–water partition coefficient (Wildman–Crippen LogP) is -1.12. The van der Waals surface area contributed by atoms with Gasteiger partial charge in [-0.2, -0.15) is 37.9 Å². The lowest BCUT2D eigenvalue weighted by atomic mass is 10.1. The molecular weight excluding hydrogens is 448 g/mol. The highest BCUT2D eigenvalue weighted by Gasteiger charge is 2.28. The van der Waals surface area contributed by atoms with Gasteiger partial charge < -0.3 is 26.8 Å². The van der Waals surface area contributed by atoms with E-state index in [1.807, 2.05) is 30.3 Å². The summed E-state index contributed by atoms with van der Waals surface area (Å²) in [7, 11) is 0. The van der Waals surface area contributed by atoms with Gasteiger partial charge in [0, 0.05) is 17.3 Å². The monoisotopic (exact) mass is 474 g/mol. The molecule has 12 heteroatoms. The van der Waals surface area contributed by atoms with Gasteiger partial charge in [-0.3, -0.25) is 14.4 Å². The summed E-state index contributed by atoms with van der Waals surface area (Å²) in [5.74, 6) is -3.44. The topological polar surface area (TPSA) is 151 Å². The van der Waals surface area contributed by atoms with Crippen molar-refractivity contribution >= 4 is 61.6 Å². The number of benzene rings is 1. The first-order chi connectivity index (χ1) is 14.2. The van der Waals surface area contributed by atoms with Crippen LogP contribution in [0.4, 0.5) is 0 Å². The van der Waals surface area contributed by atoms with Gasteiger partial charge in [0.1, 0.15) is 18.1 Å². The molecule has 4 unspecified atom stereocenters. The third kappa shape index (κ3) is 8.46. The SMILES string of the molecule is NC(Cc1ccccc1)C(=O)NC(CS)C(=O)NC(CS)C(=O)NC(CS)C(=O)O. The molecule has 1 rings (SSSR count). The Kier molecular flexibility index (Phi) is 11.7. The molecule has 0 saturated carbocycles. The quantitative estimate of drug-likeness (QED) is 0.180. The summed E-state index contributed by atoms with van der Waals surface area (Å²) in [4.78, 5) is 48.1.